The second-order valence-electron chi connectivity index (χ2n) is 9.08. The van der Waals surface area contributed by atoms with Gasteiger partial charge in [-0.05, 0) is 42.9 Å². The summed E-state index contributed by atoms with van der Waals surface area (Å²) in [5.41, 5.74) is 9.47. The van der Waals surface area contributed by atoms with Gasteiger partial charge >= 0.3 is 10.3 Å². The maximum atomic E-state index is 13.4. The predicted molar refractivity (Wildman–Crippen MR) is 123 cm³/mol. The summed E-state index contributed by atoms with van der Waals surface area (Å²) < 4.78 is 32.4. The fraction of sp³-hybridized carbons (Fsp3) is 0.348. The smallest absolute Gasteiger partial charge is 0.385 e. The normalized spacial score (nSPS) is 19.0. The highest BCUT2D eigenvalue weighted by Gasteiger charge is 2.40. The van der Waals surface area contributed by atoms with E-state index in [2.05, 4.69) is 9.88 Å². The van der Waals surface area contributed by atoms with Crippen LogP contribution in [0.25, 0.3) is 10.9 Å². The van der Waals surface area contributed by atoms with E-state index in [0.29, 0.717) is 43.0 Å². The second kappa shape index (κ2) is 7.06. The summed E-state index contributed by atoms with van der Waals surface area (Å²) in [6.07, 6.45) is 0. The van der Waals surface area contributed by atoms with Crippen LogP contribution in [0.15, 0.2) is 36.4 Å². The Hall–Kier alpha value is -2.88. The number of benzene rings is 2. The molecule has 9 heteroatoms. The maximum Gasteiger partial charge on any atom is 0.385 e. The first kappa shape index (κ1) is 21.0. The number of piperazine rings is 1. The fourth-order valence-electron chi connectivity index (χ4n) is 4.67. The van der Waals surface area contributed by atoms with Crippen LogP contribution in [-0.2, 0) is 15.7 Å². The van der Waals surface area contributed by atoms with Crippen molar-refractivity contribution in [1.29, 1.82) is 0 Å². The number of nitrogens with zero attached hydrogens (tertiary/aromatic N) is 2. The van der Waals surface area contributed by atoms with Gasteiger partial charge in [-0.25, -0.2) is 0 Å². The molecule has 8 nitrogen and oxygen atoms in total. The number of H-pyrrole nitrogens is 1. The van der Waals surface area contributed by atoms with E-state index in [-0.39, 0.29) is 11.5 Å². The van der Waals surface area contributed by atoms with E-state index in [1.165, 1.54) is 4.31 Å². The molecule has 1 fully saturated rings. The molecular weight excluding hydrogens is 428 g/mol. The Morgan fingerprint density at radius 1 is 1.06 bits per heavy atom. The van der Waals surface area contributed by atoms with Crippen LogP contribution in [0.5, 0.6) is 5.75 Å². The number of nitrogen functional groups attached to an aromatic ring is 1. The second-order valence-corrected chi connectivity index (χ2v) is 10.6. The molecule has 0 saturated carbocycles. The quantitative estimate of drug-likeness (QED) is 0.589. The summed E-state index contributed by atoms with van der Waals surface area (Å²) in [5, 5.41) is 0.830. The third kappa shape index (κ3) is 3.19. The largest absolute Gasteiger partial charge is 0.399 e. The minimum atomic E-state index is -3.92. The Morgan fingerprint density at radius 2 is 1.78 bits per heavy atom. The van der Waals surface area contributed by atoms with E-state index in [0.717, 1.165) is 22.2 Å². The number of fused-ring (bicyclic) bond motifs is 4. The lowest BCUT2D eigenvalue weighted by Gasteiger charge is -2.33. The Labute approximate surface area is 187 Å². The number of aromatic amines is 1. The first-order chi connectivity index (χ1) is 15.1. The molecule has 1 saturated heterocycles. The molecule has 1 aromatic heterocycles. The molecule has 2 aliphatic rings. The molecule has 0 bridgehead atoms. The molecule has 2 heterocycles. The Bertz CT molecular complexity index is 1350. The van der Waals surface area contributed by atoms with Crippen molar-refractivity contribution in [2.45, 2.75) is 19.3 Å². The van der Waals surface area contributed by atoms with Crippen molar-refractivity contribution in [3.05, 3.63) is 58.8 Å². The average Bonchev–Trinajstić information content (AvgIpc) is 3.12. The van der Waals surface area contributed by atoms with E-state index < -0.39 is 15.7 Å². The fourth-order valence-corrected chi connectivity index (χ4v) is 5.73. The van der Waals surface area contributed by atoms with Crippen molar-refractivity contribution >= 4 is 32.7 Å². The van der Waals surface area contributed by atoms with Gasteiger partial charge in [0.2, 0.25) is 0 Å². The number of nitrogens with one attached hydrogen (secondary N) is 1. The molecule has 3 aromatic rings. The van der Waals surface area contributed by atoms with Crippen LogP contribution in [-0.4, -0.2) is 61.6 Å². The highest BCUT2D eigenvalue weighted by molar-refractivity contribution is 7.84. The Balaban J connectivity index is 1.54. The molecule has 0 radical (unpaired) electrons. The number of ketones is 1. The van der Waals surface area contributed by atoms with Gasteiger partial charge in [-0.3, -0.25) is 4.79 Å². The number of hydrogen-bond donors (Lipinski definition) is 2. The number of aromatic nitrogens is 1. The lowest BCUT2D eigenvalue weighted by atomic mass is 9.71. The molecule has 0 unspecified atom stereocenters. The lowest BCUT2D eigenvalue weighted by molar-refractivity contribution is 0.103. The molecule has 32 heavy (non-hydrogen) atoms. The van der Waals surface area contributed by atoms with Gasteiger partial charge in [0.25, 0.3) is 0 Å². The predicted octanol–water partition coefficient (Wildman–Crippen LogP) is 2.49. The van der Waals surface area contributed by atoms with Crippen LogP contribution >= 0.6 is 0 Å². The van der Waals surface area contributed by atoms with Gasteiger partial charge in [-0.1, -0.05) is 19.9 Å². The van der Waals surface area contributed by atoms with Crippen molar-refractivity contribution in [2.75, 3.05) is 39.0 Å². The monoisotopic (exact) mass is 454 g/mol. The van der Waals surface area contributed by atoms with E-state index in [9.17, 15) is 13.2 Å². The molecule has 0 amide bonds. The van der Waals surface area contributed by atoms with Crippen molar-refractivity contribution in [2.24, 2.45) is 0 Å². The molecule has 2 aromatic carbocycles. The number of likely N-dealkylation sites (N-methyl/N-ethyl adjacent to an activating group) is 1. The van der Waals surface area contributed by atoms with Crippen molar-refractivity contribution in [1.82, 2.24) is 14.2 Å². The highest BCUT2D eigenvalue weighted by Crippen LogP contribution is 2.45. The first-order valence-corrected chi connectivity index (χ1v) is 11.9. The molecule has 3 N–H and O–H groups in total. The molecule has 0 spiro atoms. The topological polar surface area (TPSA) is 109 Å². The lowest BCUT2D eigenvalue weighted by Crippen LogP contribution is -2.48. The van der Waals surface area contributed by atoms with E-state index in [4.69, 9.17) is 9.92 Å². The summed E-state index contributed by atoms with van der Waals surface area (Å²) in [6, 6.07) is 10.3. The summed E-state index contributed by atoms with van der Waals surface area (Å²) in [6.45, 7) is 6.10. The molecule has 1 aliphatic heterocycles. The van der Waals surface area contributed by atoms with E-state index >= 15 is 0 Å². The van der Waals surface area contributed by atoms with Crippen molar-refractivity contribution < 1.29 is 17.4 Å². The SMILES string of the molecule is CN1CCN(S(=O)(=O)Oc2ccc3c(c2)C(C)(C)c2[nH]c4cc(N)ccc4c2C3=O)CC1. The van der Waals surface area contributed by atoms with Crippen LogP contribution in [0.2, 0.25) is 0 Å². The third-order valence-corrected chi connectivity index (χ3v) is 7.96. The van der Waals surface area contributed by atoms with Gasteiger partial charge in [0.1, 0.15) is 5.75 Å². The molecule has 1 aliphatic carbocycles. The number of carbonyl (C=O) groups is 1. The van der Waals surface area contributed by atoms with E-state index in [1.807, 2.05) is 33.0 Å². The molecule has 5 rings (SSSR count). The van der Waals surface area contributed by atoms with Crippen LogP contribution in [0.1, 0.15) is 41.0 Å². The number of carbonyl (C=O) groups excluding carboxylic acids is 1. The van der Waals surface area contributed by atoms with E-state index in [1.54, 1.807) is 24.3 Å². The molecule has 0 atom stereocenters. The Kier molecular flexibility index (Phi) is 4.63. The number of anilines is 1. The van der Waals surface area contributed by atoms with Gasteiger partial charge in [0.05, 0.1) is 5.56 Å². The zero-order valence-electron chi connectivity index (χ0n) is 18.3. The summed E-state index contributed by atoms with van der Waals surface area (Å²) in [4.78, 5) is 18.9. The average molecular weight is 455 g/mol. The minimum absolute atomic E-state index is 0.0983. The van der Waals surface area contributed by atoms with Crippen LogP contribution in [0.3, 0.4) is 0 Å². The van der Waals surface area contributed by atoms with Gasteiger partial charge in [0.15, 0.2) is 5.78 Å². The zero-order valence-corrected chi connectivity index (χ0v) is 19.1. The van der Waals surface area contributed by atoms with Gasteiger partial charge in [-0.2, -0.15) is 12.7 Å². The van der Waals surface area contributed by atoms with Crippen LogP contribution in [0.4, 0.5) is 5.69 Å². The Morgan fingerprint density at radius 3 is 2.50 bits per heavy atom. The number of rotatable bonds is 3. The maximum absolute atomic E-state index is 13.4. The highest BCUT2D eigenvalue weighted by atomic mass is 32.2. The number of nitrogens with two attached hydrogens (primary N) is 1. The third-order valence-electron chi connectivity index (χ3n) is 6.56. The zero-order chi connectivity index (χ0) is 22.8. The summed E-state index contributed by atoms with van der Waals surface area (Å²) >= 11 is 0. The first-order valence-electron chi connectivity index (χ1n) is 10.6. The van der Waals surface area contributed by atoms with Crippen LogP contribution in [0, 0.1) is 0 Å². The van der Waals surface area contributed by atoms with Crippen LogP contribution < -0.4 is 9.92 Å². The van der Waals surface area contributed by atoms with Crippen molar-refractivity contribution in [3.63, 3.8) is 0 Å². The molecular formula is C23H26N4O4S. The standard InChI is InChI=1S/C23H26N4O4S/c1-23(2)18-13-15(31-32(29,30)27-10-8-26(3)9-11-27)5-7-16(18)21(28)20-17-6-4-14(24)12-19(17)25-22(20)23/h4-7,12-13,25H,8-11,24H2,1-3H3. The van der Waals surface area contributed by atoms with Gasteiger partial charge in [0, 0.05) is 59.4 Å². The summed E-state index contributed by atoms with van der Waals surface area (Å²) in [5.74, 6) is 0.103. The molecule has 168 valence electrons. The van der Waals surface area contributed by atoms with Gasteiger partial charge in [-0.15, -0.1) is 0 Å². The minimum Gasteiger partial charge on any atom is -0.399 e. The van der Waals surface area contributed by atoms with Gasteiger partial charge < -0.3 is 19.8 Å². The summed E-state index contributed by atoms with van der Waals surface area (Å²) in [7, 11) is -1.96. The number of hydrogen-bond acceptors (Lipinski definition) is 6. The van der Waals surface area contributed by atoms with Crippen molar-refractivity contribution in [3.8, 4) is 5.75 Å².